The van der Waals surface area contributed by atoms with Crippen molar-refractivity contribution in [3.05, 3.63) is 70.7 Å². The van der Waals surface area contributed by atoms with E-state index in [1.165, 1.54) is 11.3 Å². The highest BCUT2D eigenvalue weighted by Crippen LogP contribution is 2.26. The van der Waals surface area contributed by atoms with Gasteiger partial charge in [-0.15, -0.1) is 11.3 Å². The van der Waals surface area contributed by atoms with Gasteiger partial charge in [0.25, 0.3) is 0 Å². The molecular formula is C16H15N5OS. The van der Waals surface area contributed by atoms with E-state index in [4.69, 9.17) is 10.9 Å². The Labute approximate surface area is 137 Å². The van der Waals surface area contributed by atoms with E-state index in [0.29, 0.717) is 6.54 Å². The SMILES string of the molecule is N/C(=N\O)c1ccc(CN(c2ccccn2)c2ccccn2)s1. The smallest absolute Gasteiger partial charge is 0.180 e. The van der Waals surface area contributed by atoms with Crippen LogP contribution in [0.5, 0.6) is 0 Å². The maximum absolute atomic E-state index is 8.77. The number of nitrogens with two attached hydrogens (primary N) is 1. The fraction of sp³-hybridized carbons (Fsp3) is 0.0625. The van der Waals surface area contributed by atoms with E-state index in [9.17, 15) is 0 Å². The van der Waals surface area contributed by atoms with Gasteiger partial charge in [-0.2, -0.15) is 0 Å². The van der Waals surface area contributed by atoms with Gasteiger partial charge in [0.1, 0.15) is 11.6 Å². The van der Waals surface area contributed by atoms with Crippen LogP contribution in [0.4, 0.5) is 11.6 Å². The van der Waals surface area contributed by atoms with Crippen molar-refractivity contribution in [2.75, 3.05) is 4.90 Å². The minimum absolute atomic E-state index is 0.114. The minimum Gasteiger partial charge on any atom is -0.409 e. The average Bonchev–Trinajstić information content (AvgIpc) is 3.09. The maximum atomic E-state index is 8.77. The molecule has 3 N–H and O–H groups in total. The predicted molar refractivity (Wildman–Crippen MR) is 91.1 cm³/mol. The van der Waals surface area contributed by atoms with Crippen molar-refractivity contribution in [2.45, 2.75) is 6.54 Å². The molecule has 6 nitrogen and oxygen atoms in total. The molecule has 0 unspecified atom stereocenters. The molecule has 7 heteroatoms. The highest BCUT2D eigenvalue weighted by atomic mass is 32.1. The zero-order chi connectivity index (χ0) is 16.1. The second-order valence-electron chi connectivity index (χ2n) is 4.71. The van der Waals surface area contributed by atoms with Gasteiger partial charge in [-0.1, -0.05) is 17.3 Å². The lowest BCUT2D eigenvalue weighted by Crippen LogP contribution is -2.18. The number of nitrogens with zero attached hydrogens (tertiary/aromatic N) is 4. The molecule has 3 rings (SSSR count). The third kappa shape index (κ3) is 3.46. The fourth-order valence-electron chi connectivity index (χ4n) is 2.11. The molecule has 0 bridgehead atoms. The second kappa shape index (κ2) is 6.89. The molecule has 0 atom stereocenters. The van der Waals surface area contributed by atoms with Crippen LogP contribution in [-0.2, 0) is 6.54 Å². The Morgan fingerprint density at radius 3 is 2.22 bits per heavy atom. The van der Waals surface area contributed by atoms with Crippen LogP contribution in [0, 0.1) is 0 Å². The third-order valence-corrected chi connectivity index (χ3v) is 4.28. The molecule has 0 saturated carbocycles. The Kier molecular flexibility index (Phi) is 4.49. The third-order valence-electron chi connectivity index (χ3n) is 3.19. The Bertz CT molecular complexity index is 749. The van der Waals surface area contributed by atoms with Gasteiger partial charge in [0.15, 0.2) is 5.84 Å². The van der Waals surface area contributed by atoms with Crippen molar-refractivity contribution in [3.8, 4) is 0 Å². The van der Waals surface area contributed by atoms with Crippen LogP contribution in [0.3, 0.4) is 0 Å². The molecule has 0 spiro atoms. The molecule has 0 aliphatic rings. The van der Waals surface area contributed by atoms with Crippen LogP contribution >= 0.6 is 11.3 Å². The second-order valence-corrected chi connectivity index (χ2v) is 5.88. The van der Waals surface area contributed by atoms with Crippen LogP contribution in [0.15, 0.2) is 66.1 Å². The molecule has 3 aromatic rings. The van der Waals surface area contributed by atoms with E-state index in [2.05, 4.69) is 15.1 Å². The largest absolute Gasteiger partial charge is 0.409 e. The number of anilines is 2. The maximum Gasteiger partial charge on any atom is 0.180 e. The van der Waals surface area contributed by atoms with Gasteiger partial charge in [0.05, 0.1) is 11.4 Å². The van der Waals surface area contributed by atoms with Crippen molar-refractivity contribution < 1.29 is 5.21 Å². The van der Waals surface area contributed by atoms with Gasteiger partial charge in [-0.05, 0) is 36.4 Å². The van der Waals surface area contributed by atoms with E-state index >= 15 is 0 Å². The Hall–Kier alpha value is -2.93. The quantitative estimate of drug-likeness (QED) is 0.326. The first-order valence-corrected chi connectivity index (χ1v) is 7.76. The van der Waals surface area contributed by atoms with Crippen LogP contribution in [-0.4, -0.2) is 21.0 Å². The first kappa shape index (κ1) is 15.0. The van der Waals surface area contributed by atoms with Crippen LogP contribution in [0.25, 0.3) is 0 Å². The first-order valence-electron chi connectivity index (χ1n) is 6.94. The Balaban J connectivity index is 1.92. The van der Waals surface area contributed by atoms with Crippen molar-refractivity contribution in [3.63, 3.8) is 0 Å². The number of rotatable bonds is 5. The normalized spacial score (nSPS) is 11.4. The van der Waals surface area contributed by atoms with E-state index < -0.39 is 0 Å². The number of hydrogen-bond donors (Lipinski definition) is 2. The number of aromatic nitrogens is 2. The molecule has 0 aliphatic carbocycles. The Morgan fingerprint density at radius 1 is 1.04 bits per heavy atom. The summed E-state index contributed by atoms with van der Waals surface area (Å²) >= 11 is 1.47. The summed E-state index contributed by atoms with van der Waals surface area (Å²) in [6.45, 7) is 0.595. The summed E-state index contributed by atoms with van der Waals surface area (Å²) in [4.78, 5) is 12.6. The van der Waals surface area contributed by atoms with Gasteiger partial charge in [0.2, 0.25) is 0 Å². The monoisotopic (exact) mass is 325 g/mol. The Morgan fingerprint density at radius 2 is 1.70 bits per heavy atom. The summed E-state index contributed by atoms with van der Waals surface area (Å²) in [6, 6.07) is 15.3. The lowest BCUT2D eigenvalue weighted by molar-refractivity contribution is 0.319. The molecule has 0 saturated heterocycles. The molecule has 23 heavy (non-hydrogen) atoms. The molecule has 0 amide bonds. The van der Waals surface area contributed by atoms with Gasteiger partial charge in [-0.25, -0.2) is 9.97 Å². The van der Waals surface area contributed by atoms with Crippen molar-refractivity contribution in [2.24, 2.45) is 10.9 Å². The van der Waals surface area contributed by atoms with Crippen molar-refractivity contribution in [1.82, 2.24) is 9.97 Å². The summed E-state index contributed by atoms with van der Waals surface area (Å²) in [5.74, 6) is 1.73. The molecular weight excluding hydrogens is 310 g/mol. The van der Waals surface area contributed by atoms with Crippen LogP contribution < -0.4 is 10.6 Å². The van der Waals surface area contributed by atoms with E-state index in [1.807, 2.05) is 53.4 Å². The van der Waals surface area contributed by atoms with Gasteiger partial charge >= 0.3 is 0 Å². The topological polar surface area (TPSA) is 87.6 Å². The van der Waals surface area contributed by atoms with Gasteiger partial charge in [-0.3, -0.25) is 0 Å². The summed E-state index contributed by atoms with van der Waals surface area (Å²) in [5.41, 5.74) is 5.63. The van der Waals surface area contributed by atoms with E-state index in [1.54, 1.807) is 12.4 Å². The average molecular weight is 325 g/mol. The number of pyridine rings is 2. The molecule has 0 radical (unpaired) electrons. The zero-order valence-electron chi connectivity index (χ0n) is 12.2. The molecule has 0 aliphatic heterocycles. The number of oxime groups is 1. The molecule has 3 aromatic heterocycles. The zero-order valence-corrected chi connectivity index (χ0v) is 13.0. The van der Waals surface area contributed by atoms with Crippen LogP contribution in [0.1, 0.15) is 9.75 Å². The van der Waals surface area contributed by atoms with Crippen molar-refractivity contribution >= 4 is 28.8 Å². The van der Waals surface area contributed by atoms with Gasteiger partial charge in [0, 0.05) is 17.3 Å². The minimum atomic E-state index is 0.114. The molecule has 3 heterocycles. The summed E-state index contributed by atoms with van der Waals surface area (Å²) < 4.78 is 0. The number of hydrogen-bond acceptors (Lipinski definition) is 6. The number of thiophene rings is 1. The van der Waals surface area contributed by atoms with E-state index in [0.717, 1.165) is 21.4 Å². The lowest BCUT2D eigenvalue weighted by Gasteiger charge is -2.21. The predicted octanol–water partition coefficient (Wildman–Crippen LogP) is 2.97. The van der Waals surface area contributed by atoms with Crippen LogP contribution in [0.2, 0.25) is 0 Å². The van der Waals surface area contributed by atoms with E-state index in [-0.39, 0.29) is 5.84 Å². The highest BCUT2D eigenvalue weighted by Gasteiger charge is 2.14. The van der Waals surface area contributed by atoms with Crippen molar-refractivity contribution in [1.29, 1.82) is 0 Å². The highest BCUT2D eigenvalue weighted by molar-refractivity contribution is 7.14. The fourth-order valence-corrected chi connectivity index (χ4v) is 3.01. The summed E-state index contributed by atoms with van der Waals surface area (Å²) in [7, 11) is 0. The number of amidine groups is 1. The molecule has 0 fully saturated rings. The first-order chi connectivity index (χ1) is 11.3. The molecule has 0 aromatic carbocycles. The summed E-state index contributed by atoms with van der Waals surface area (Å²) in [6.07, 6.45) is 3.50. The standard InChI is InChI=1S/C16H15N5OS/c17-16(20-22)13-8-7-12(23-13)11-21(14-5-1-3-9-18-14)15-6-2-4-10-19-15/h1-10,22H,11H2,(H2,17,20). The van der Waals surface area contributed by atoms with Gasteiger partial charge < -0.3 is 15.8 Å². The summed E-state index contributed by atoms with van der Waals surface area (Å²) in [5, 5.41) is 11.8. The molecule has 116 valence electrons. The lowest BCUT2D eigenvalue weighted by atomic mass is 10.3.